The van der Waals surface area contributed by atoms with Gasteiger partial charge in [0.2, 0.25) is 5.91 Å². The van der Waals surface area contributed by atoms with Gasteiger partial charge in [0.25, 0.3) is 5.91 Å². The van der Waals surface area contributed by atoms with Crippen molar-refractivity contribution in [3.05, 3.63) is 102 Å². The van der Waals surface area contributed by atoms with Gasteiger partial charge < -0.3 is 39.6 Å². The molecule has 0 heterocycles. The summed E-state index contributed by atoms with van der Waals surface area (Å²) in [6.45, 7) is 4.34. The molecule has 3 aromatic carbocycles. The monoisotopic (exact) mass is 743 g/mol. The van der Waals surface area contributed by atoms with Crippen molar-refractivity contribution < 1.29 is 42.9 Å². The fraction of sp³-hybridized carbons (Fsp3) is 0.429. The second-order valence-corrected chi connectivity index (χ2v) is 13.2. The topological polar surface area (TPSA) is 151 Å². The lowest BCUT2D eigenvalue weighted by atomic mass is 9.87. The quantitative estimate of drug-likeness (QED) is 0.0700. The molecule has 1 fully saturated rings. The number of methoxy groups -OCH3 is 2. The predicted molar refractivity (Wildman–Crippen MR) is 204 cm³/mol. The average Bonchev–Trinajstić information content (AvgIpc) is 3.20. The van der Waals surface area contributed by atoms with E-state index >= 15 is 0 Å². The highest BCUT2D eigenvalue weighted by Gasteiger charge is 2.29. The van der Waals surface area contributed by atoms with Crippen LogP contribution in [0.2, 0.25) is 0 Å². The van der Waals surface area contributed by atoms with Crippen LogP contribution in [0.15, 0.2) is 85.5 Å². The van der Waals surface area contributed by atoms with Crippen molar-refractivity contribution in [2.45, 2.75) is 70.1 Å². The Morgan fingerprint density at radius 1 is 0.833 bits per heavy atom. The minimum atomic E-state index is -1.39. The molecule has 1 saturated carbocycles. The average molecular weight is 744 g/mol. The van der Waals surface area contributed by atoms with Crippen molar-refractivity contribution in [3.8, 4) is 17.2 Å². The van der Waals surface area contributed by atoms with E-state index in [0.717, 1.165) is 24.1 Å². The highest BCUT2D eigenvalue weighted by atomic mass is 16.5. The zero-order valence-electron chi connectivity index (χ0n) is 31.3. The van der Waals surface area contributed by atoms with Crippen LogP contribution in [0.4, 0.5) is 0 Å². The molecule has 0 aromatic heterocycles. The molecule has 4 rings (SSSR count). The molecule has 2 amide bonds. The third kappa shape index (κ3) is 13.9. The zero-order valence-corrected chi connectivity index (χ0v) is 31.3. The Bertz CT molecular complexity index is 1650. The second-order valence-electron chi connectivity index (χ2n) is 13.2. The van der Waals surface area contributed by atoms with Gasteiger partial charge in [-0.2, -0.15) is 0 Å². The molecular formula is C42H53N3O9. The number of ether oxygens (including phenoxy) is 5. The van der Waals surface area contributed by atoms with Gasteiger partial charge in [-0.3, -0.25) is 14.4 Å². The van der Waals surface area contributed by atoms with Crippen molar-refractivity contribution in [2.75, 3.05) is 40.5 Å². The van der Waals surface area contributed by atoms with Crippen molar-refractivity contribution in [3.63, 3.8) is 0 Å². The Labute approximate surface area is 317 Å². The van der Waals surface area contributed by atoms with Gasteiger partial charge in [-0.05, 0) is 36.4 Å². The minimum absolute atomic E-state index is 0.00198. The van der Waals surface area contributed by atoms with Crippen molar-refractivity contribution in [2.24, 2.45) is 5.92 Å². The first kappa shape index (κ1) is 41.4. The van der Waals surface area contributed by atoms with Crippen LogP contribution in [0.3, 0.4) is 0 Å². The van der Waals surface area contributed by atoms with Crippen LogP contribution in [0.1, 0.15) is 66.4 Å². The third-order valence-electron chi connectivity index (χ3n) is 9.15. The normalized spacial score (nSPS) is 13.8. The van der Waals surface area contributed by atoms with Crippen LogP contribution >= 0.6 is 0 Å². The van der Waals surface area contributed by atoms with E-state index in [0.29, 0.717) is 18.1 Å². The van der Waals surface area contributed by atoms with Crippen LogP contribution in [0.5, 0.6) is 17.2 Å². The van der Waals surface area contributed by atoms with Crippen molar-refractivity contribution in [1.82, 2.24) is 16.0 Å². The minimum Gasteiger partial charge on any atom is -0.493 e. The standard InChI is InChI=1S/C42H53N3O9/c1-4-22-52-40(47)25-35(42(49)54-28-32-18-12-7-13-19-32)45-41(48)34-24-37(50-2)38(51-3)26-36(34)53-29-33(23-31-16-10-6-11-17-31)44-39(46)27-43-21-20-30-14-8-5-9-15-30/h4,6-7,10-13,16-19,24,26,30,33,35,43H,1,5,8-9,14-15,20-23,25,27-29H2,2-3H3,(H,44,46)(H,45,48). The summed E-state index contributed by atoms with van der Waals surface area (Å²) in [5.74, 6) is -1.13. The van der Waals surface area contributed by atoms with Crippen LogP contribution in [0, 0.1) is 5.92 Å². The molecule has 290 valence electrons. The van der Waals surface area contributed by atoms with E-state index in [1.165, 1.54) is 64.5 Å². The molecule has 1 aliphatic rings. The smallest absolute Gasteiger partial charge is 0.329 e. The van der Waals surface area contributed by atoms with Crippen LogP contribution in [-0.4, -0.2) is 76.4 Å². The van der Waals surface area contributed by atoms with Crippen molar-refractivity contribution >= 4 is 23.8 Å². The summed E-state index contributed by atoms with van der Waals surface area (Å²) < 4.78 is 27.8. The number of rotatable bonds is 22. The van der Waals surface area contributed by atoms with E-state index in [1.807, 2.05) is 36.4 Å². The number of carbonyl (C=O) groups is 4. The SMILES string of the molecule is C=CCOC(=O)CC(NC(=O)c1cc(OC)c(OC)cc1OCC(Cc1ccccc1)NC(=O)CNCCC1CCCCC1)C(=O)OCc1ccccc1. The predicted octanol–water partition coefficient (Wildman–Crippen LogP) is 5.33. The second kappa shape index (κ2) is 22.7. The van der Waals surface area contributed by atoms with Crippen LogP contribution < -0.4 is 30.2 Å². The highest BCUT2D eigenvalue weighted by molar-refractivity contribution is 6.00. The summed E-state index contributed by atoms with van der Waals surface area (Å²) in [6.07, 6.45) is 8.80. The molecule has 12 heteroatoms. The first-order chi connectivity index (χ1) is 26.3. The van der Waals surface area contributed by atoms with Gasteiger partial charge in [0.15, 0.2) is 11.5 Å². The lowest BCUT2D eigenvalue weighted by Gasteiger charge is -2.23. The summed E-state index contributed by atoms with van der Waals surface area (Å²) in [5, 5.41) is 8.99. The molecular weight excluding hydrogens is 690 g/mol. The lowest BCUT2D eigenvalue weighted by Crippen LogP contribution is -2.45. The zero-order chi connectivity index (χ0) is 38.5. The molecule has 3 N–H and O–H groups in total. The molecule has 0 saturated heterocycles. The van der Waals surface area contributed by atoms with Gasteiger partial charge in [-0.15, -0.1) is 0 Å². The van der Waals surface area contributed by atoms with Gasteiger partial charge in [-0.1, -0.05) is 105 Å². The van der Waals surface area contributed by atoms with E-state index < -0.39 is 36.4 Å². The molecule has 2 atom stereocenters. The van der Waals surface area contributed by atoms with Gasteiger partial charge in [0, 0.05) is 12.1 Å². The van der Waals surface area contributed by atoms with E-state index in [4.69, 9.17) is 23.7 Å². The summed E-state index contributed by atoms with van der Waals surface area (Å²) in [7, 11) is 2.88. The lowest BCUT2D eigenvalue weighted by molar-refractivity contribution is -0.152. The maximum absolute atomic E-state index is 14.0. The summed E-state index contributed by atoms with van der Waals surface area (Å²) in [6, 6.07) is 19.8. The van der Waals surface area contributed by atoms with Gasteiger partial charge >= 0.3 is 11.9 Å². The Morgan fingerprint density at radius 2 is 1.50 bits per heavy atom. The first-order valence-corrected chi connectivity index (χ1v) is 18.5. The van der Waals surface area contributed by atoms with E-state index in [-0.39, 0.29) is 49.3 Å². The van der Waals surface area contributed by atoms with E-state index in [2.05, 4.69) is 22.5 Å². The summed E-state index contributed by atoms with van der Waals surface area (Å²) in [4.78, 5) is 53.0. The Morgan fingerprint density at radius 3 is 2.17 bits per heavy atom. The number of hydrogen-bond donors (Lipinski definition) is 3. The molecule has 12 nitrogen and oxygen atoms in total. The Kier molecular flexibility index (Phi) is 17.4. The number of benzene rings is 3. The number of nitrogens with one attached hydrogen (secondary N) is 3. The molecule has 0 radical (unpaired) electrons. The molecule has 54 heavy (non-hydrogen) atoms. The van der Waals surface area contributed by atoms with E-state index in [9.17, 15) is 19.2 Å². The van der Waals surface area contributed by atoms with Gasteiger partial charge in [0.05, 0.1) is 38.8 Å². The molecule has 0 aliphatic heterocycles. The number of amides is 2. The molecule has 0 spiro atoms. The summed E-state index contributed by atoms with van der Waals surface area (Å²) >= 11 is 0. The number of esters is 2. The van der Waals surface area contributed by atoms with E-state index in [1.54, 1.807) is 24.3 Å². The Balaban J connectivity index is 1.50. The maximum atomic E-state index is 14.0. The molecule has 2 unspecified atom stereocenters. The molecule has 1 aliphatic carbocycles. The molecule has 3 aromatic rings. The maximum Gasteiger partial charge on any atom is 0.329 e. The summed E-state index contributed by atoms with van der Waals surface area (Å²) in [5.41, 5.74) is 1.72. The Hall–Kier alpha value is -5.36. The van der Waals surface area contributed by atoms with Gasteiger partial charge in [-0.25, -0.2) is 4.79 Å². The fourth-order valence-corrected chi connectivity index (χ4v) is 6.30. The number of carbonyl (C=O) groups excluding carboxylic acids is 4. The first-order valence-electron chi connectivity index (χ1n) is 18.5. The highest BCUT2D eigenvalue weighted by Crippen LogP contribution is 2.35. The fourth-order valence-electron chi connectivity index (χ4n) is 6.30. The third-order valence-corrected chi connectivity index (χ3v) is 9.15. The van der Waals surface area contributed by atoms with Crippen LogP contribution in [-0.2, 0) is 36.9 Å². The van der Waals surface area contributed by atoms with Gasteiger partial charge in [0.1, 0.15) is 31.6 Å². The molecule has 0 bridgehead atoms. The van der Waals surface area contributed by atoms with Crippen molar-refractivity contribution in [1.29, 1.82) is 0 Å². The number of hydrogen-bond acceptors (Lipinski definition) is 10. The largest absolute Gasteiger partial charge is 0.493 e. The van der Waals surface area contributed by atoms with Crippen LogP contribution in [0.25, 0.3) is 0 Å².